The van der Waals surface area contributed by atoms with Crippen LogP contribution in [0.2, 0.25) is 0 Å². The first kappa shape index (κ1) is 14.9. The molecule has 18 heavy (non-hydrogen) atoms. The normalized spacial score (nSPS) is 13.4. The monoisotopic (exact) mass is 275 g/mol. The van der Waals surface area contributed by atoms with Crippen molar-refractivity contribution in [3.05, 3.63) is 35.4 Å². The molecule has 0 fully saturated rings. The molecule has 0 saturated heterocycles. The second-order valence-corrected chi connectivity index (χ2v) is 6.09. The van der Waals surface area contributed by atoms with Gasteiger partial charge in [0.1, 0.15) is 6.04 Å². The van der Waals surface area contributed by atoms with Crippen LogP contribution in [0.4, 0.5) is 8.78 Å². The molecular weight excluding hydrogens is 260 g/mol. The van der Waals surface area contributed by atoms with E-state index in [0.29, 0.717) is 11.3 Å². The summed E-state index contributed by atoms with van der Waals surface area (Å²) in [7, 11) is 0. The quantitative estimate of drug-likeness (QED) is 0.866. The molecule has 100 valence electrons. The van der Waals surface area contributed by atoms with E-state index in [1.165, 1.54) is 17.8 Å². The summed E-state index contributed by atoms with van der Waals surface area (Å²) in [5.74, 6) is -2.53. The molecule has 0 amide bonds. The van der Waals surface area contributed by atoms with E-state index in [1.807, 2.05) is 0 Å². The third-order valence-electron chi connectivity index (χ3n) is 2.61. The van der Waals surface area contributed by atoms with Crippen LogP contribution in [0.5, 0.6) is 0 Å². The molecule has 0 aromatic heterocycles. The molecular formula is C12H15F2NO2S. The van der Waals surface area contributed by atoms with Gasteiger partial charge in [0.15, 0.2) is 11.6 Å². The first-order chi connectivity index (χ1) is 8.24. The lowest BCUT2D eigenvalue weighted by Gasteiger charge is -2.28. The van der Waals surface area contributed by atoms with Gasteiger partial charge < -0.3 is 10.8 Å². The van der Waals surface area contributed by atoms with Crippen molar-refractivity contribution in [2.45, 2.75) is 30.4 Å². The number of nitrogens with two attached hydrogens (primary N) is 1. The molecule has 0 aliphatic heterocycles. The summed E-state index contributed by atoms with van der Waals surface area (Å²) in [6.45, 7) is 3.41. The number of halogens is 2. The van der Waals surface area contributed by atoms with Crippen LogP contribution in [-0.4, -0.2) is 21.9 Å². The summed E-state index contributed by atoms with van der Waals surface area (Å²) in [6.07, 6.45) is 0. The summed E-state index contributed by atoms with van der Waals surface area (Å²) >= 11 is 1.29. The van der Waals surface area contributed by atoms with Crippen LogP contribution in [0.25, 0.3) is 0 Å². The summed E-state index contributed by atoms with van der Waals surface area (Å²) in [4.78, 5) is 10.8. The maximum atomic E-state index is 13.0. The highest BCUT2D eigenvalue weighted by Crippen LogP contribution is 2.30. The number of rotatable bonds is 5. The summed E-state index contributed by atoms with van der Waals surface area (Å²) in [6, 6.07) is 2.60. The second kappa shape index (κ2) is 5.67. The topological polar surface area (TPSA) is 63.3 Å². The van der Waals surface area contributed by atoms with E-state index in [-0.39, 0.29) is 0 Å². The fourth-order valence-electron chi connectivity index (χ4n) is 1.29. The van der Waals surface area contributed by atoms with Crippen molar-refractivity contribution < 1.29 is 18.7 Å². The van der Waals surface area contributed by atoms with Crippen molar-refractivity contribution in [2.75, 3.05) is 0 Å². The van der Waals surface area contributed by atoms with Gasteiger partial charge in [-0.2, -0.15) is 0 Å². The van der Waals surface area contributed by atoms with E-state index in [0.717, 1.165) is 12.1 Å². The van der Waals surface area contributed by atoms with Crippen LogP contribution in [0.3, 0.4) is 0 Å². The Bertz CT molecular complexity index is 452. The number of aliphatic carboxylic acids is 1. The molecule has 0 aliphatic rings. The van der Waals surface area contributed by atoms with Gasteiger partial charge in [0.05, 0.1) is 0 Å². The Kier molecular flexibility index (Phi) is 4.70. The molecule has 0 bridgehead atoms. The van der Waals surface area contributed by atoms with Gasteiger partial charge >= 0.3 is 5.97 Å². The molecule has 1 aromatic rings. The number of hydrogen-bond acceptors (Lipinski definition) is 3. The minimum atomic E-state index is -1.09. The lowest BCUT2D eigenvalue weighted by molar-refractivity contribution is -0.139. The zero-order valence-electron chi connectivity index (χ0n) is 10.1. The van der Waals surface area contributed by atoms with Crippen molar-refractivity contribution in [1.82, 2.24) is 0 Å². The van der Waals surface area contributed by atoms with Crippen molar-refractivity contribution in [1.29, 1.82) is 0 Å². The van der Waals surface area contributed by atoms with Crippen molar-refractivity contribution in [2.24, 2.45) is 5.73 Å². The van der Waals surface area contributed by atoms with Crippen LogP contribution >= 0.6 is 11.8 Å². The molecule has 3 nitrogen and oxygen atoms in total. The third kappa shape index (κ3) is 3.68. The van der Waals surface area contributed by atoms with Crippen molar-refractivity contribution >= 4 is 17.7 Å². The summed E-state index contributed by atoms with van der Waals surface area (Å²) < 4.78 is 25.0. The average molecular weight is 275 g/mol. The Morgan fingerprint density at radius 1 is 1.44 bits per heavy atom. The van der Waals surface area contributed by atoms with Gasteiger partial charge in [0, 0.05) is 10.5 Å². The van der Waals surface area contributed by atoms with Gasteiger partial charge in [0.2, 0.25) is 0 Å². The minimum Gasteiger partial charge on any atom is -0.480 e. The third-order valence-corrected chi connectivity index (χ3v) is 4.09. The largest absolute Gasteiger partial charge is 0.480 e. The van der Waals surface area contributed by atoms with Gasteiger partial charge in [-0.25, -0.2) is 8.78 Å². The van der Waals surface area contributed by atoms with Crippen LogP contribution < -0.4 is 5.73 Å². The standard InChI is InChI=1S/C12H15F2NO2S/c1-12(2,10(15)11(16)17)18-6-7-3-4-8(13)9(14)5-7/h3-5,10H,6,15H2,1-2H3,(H,16,17)/t10-/m1/s1. The predicted molar refractivity (Wildman–Crippen MR) is 67.3 cm³/mol. The number of benzene rings is 1. The summed E-state index contributed by atoms with van der Waals surface area (Å²) in [5.41, 5.74) is 6.15. The van der Waals surface area contributed by atoms with E-state index in [9.17, 15) is 13.6 Å². The lowest BCUT2D eigenvalue weighted by Crippen LogP contribution is -2.46. The Hall–Kier alpha value is -1.14. The minimum absolute atomic E-state index is 0.366. The fourth-order valence-corrected chi connectivity index (χ4v) is 2.28. The zero-order chi connectivity index (χ0) is 13.9. The maximum Gasteiger partial charge on any atom is 0.321 e. The molecule has 3 N–H and O–H groups in total. The van der Waals surface area contributed by atoms with E-state index in [2.05, 4.69) is 0 Å². The molecule has 0 heterocycles. The van der Waals surface area contributed by atoms with Crippen molar-refractivity contribution in [3.8, 4) is 0 Å². The first-order valence-corrected chi connectivity index (χ1v) is 6.29. The highest BCUT2D eigenvalue weighted by molar-refractivity contribution is 7.99. The fraction of sp³-hybridized carbons (Fsp3) is 0.417. The molecule has 0 unspecified atom stereocenters. The molecule has 0 spiro atoms. The van der Waals surface area contributed by atoms with Gasteiger partial charge in [-0.15, -0.1) is 11.8 Å². The van der Waals surface area contributed by atoms with E-state index < -0.39 is 28.4 Å². The van der Waals surface area contributed by atoms with Crippen LogP contribution in [0.15, 0.2) is 18.2 Å². The first-order valence-electron chi connectivity index (χ1n) is 5.30. The second-order valence-electron chi connectivity index (χ2n) is 4.46. The van der Waals surface area contributed by atoms with Crippen LogP contribution in [0.1, 0.15) is 19.4 Å². The number of thioether (sulfide) groups is 1. The Morgan fingerprint density at radius 2 is 2.06 bits per heavy atom. The Morgan fingerprint density at radius 3 is 2.56 bits per heavy atom. The molecule has 6 heteroatoms. The van der Waals surface area contributed by atoms with Gasteiger partial charge in [-0.05, 0) is 31.5 Å². The Labute approximate surface area is 108 Å². The van der Waals surface area contributed by atoms with Gasteiger partial charge in [-0.1, -0.05) is 6.07 Å². The van der Waals surface area contributed by atoms with E-state index >= 15 is 0 Å². The highest BCUT2D eigenvalue weighted by Gasteiger charge is 2.32. The number of carboxylic acid groups (broad SMARTS) is 1. The predicted octanol–water partition coefficient (Wildman–Crippen LogP) is 2.39. The highest BCUT2D eigenvalue weighted by atomic mass is 32.2. The van der Waals surface area contributed by atoms with Gasteiger partial charge in [-0.3, -0.25) is 4.79 Å². The maximum absolute atomic E-state index is 13.0. The lowest BCUT2D eigenvalue weighted by atomic mass is 10.1. The van der Waals surface area contributed by atoms with Gasteiger partial charge in [0.25, 0.3) is 0 Å². The van der Waals surface area contributed by atoms with E-state index in [4.69, 9.17) is 10.8 Å². The number of carboxylic acids is 1. The van der Waals surface area contributed by atoms with Crippen molar-refractivity contribution in [3.63, 3.8) is 0 Å². The number of carbonyl (C=O) groups is 1. The number of hydrogen-bond donors (Lipinski definition) is 2. The Balaban J connectivity index is 2.69. The molecule has 1 rings (SSSR count). The molecule has 1 aromatic carbocycles. The molecule has 0 saturated carbocycles. The molecule has 0 aliphatic carbocycles. The summed E-state index contributed by atoms with van der Waals surface area (Å²) in [5, 5.41) is 8.85. The molecule has 1 atom stereocenters. The molecule has 0 radical (unpaired) electrons. The van der Waals surface area contributed by atoms with E-state index in [1.54, 1.807) is 13.8 Å². The smallest absolute Gasteiger partial charge is 0.321 e. The van der Waals surface area contributed by atoms with Crippen LogP contribution in [0, 0.1) is 11.6 Å². The SMILES string of the molecule is CC(C)(SCc1ccc(F)c(F)c1)[C@H](N)C(=O)O. The average Bonchev–Trinajstić information content (AvgIpc) is 2.29. The van der Waals surface area contributed by atoms with Crippen LogP contribution in [-0.2, 0) is 10.5 Å². The zero-order valence-corrected chi connectivity index (χ0v) is 10.9.